The summed E-state index contributed by atoms with van der Waals surface area (Å²) in [5.41, 5.74) is 1.39. The molecule has 0 aliphatic rings. The predicted molar refractivity (Wildman–Crippen MR) is 110 cm³/mol. The van der Waals surface area contributed by atoms with Crippen molar-refractivity contribution in [3.63, 3.8) is 0 Å². The van der Waals surface area contributed by atoms with Crippen LogP contribution in [0.4, 0.5) is 0 Å². The number of aliphatic hydroxyl groups excluding tert-OH is 1. The second kappa shape index (κ2) is 9.72. The minimum atomic E-state index is -3.63. The van der Waals surface area contributed by atoms with Gasteiger partial charge in [-0.15, -0.1) is 0 Å². The Balaban J connectivity index is 1.85. The average Bonchev–Trinajstić information content (AvgIpc) is 2.61. The molecule has 0 heterocycles. The summed E-state index contributed by atoms with van der Waals surface area (Å²) in [7, 11) is -3.63. The van der Waals surface area contributed by atoms with Crippen molar-refractivity contribution in [1.29, 1.82) is 0 Å². The Kier molecular flexibility index (Phi) is 7.90. The predicted octanol–water partition coefficient (Wildman–Crippen LogP) is 4.57. The molecule has 7 heteroatoms. The van der Waals surface area contributed by atoms with Gasteiger partial charge in [0.15, 0.2) is 0 Å². The van der Waals surface area contributed by atoms with E-state index in [0.717, 1.165) is 17.5 Å². The molecule has 0 saturated carbocycles. The van der Waals surface area contributed by atoms with Gasteiger partial charge in [-0.3, -0.25) is 0 Å². The van der Waals surface area contributed by atoms with Gasteiger partial charge in [-0.2, -0.15) is 0 Å². The number of benzene rings is 2. The van der Waals surface area contributed by atoms with Gasteiger partial charge >= 0.3 is 7.60 Å². The lowest BCUT2D eigenvalue weighted by Gasteiger charge is -2.19. The first-order valence-corrected chi connectivity index (χ1v) is 11.0. The van der Waals surface area contributed by atoms with Gasteiger partial charge < -0.3 is 19.8 Å². The van der Waals surface area contributed by atoms with E-state index in [0.29, 0.717) is 17.3 Å². The molecular formula is C20H27ClNO4P. The monoisotopic (exact) mass is 411 g/mol. The zero-order valence-electron chi connectivity index (χ0n) is 15.8. The zero-order valence-corrected chi connectivity index (χ0v) is 17.5. The van der Waals surface area contributed by atoms with Gasteiger partial charge in [0.25, 0.3) is 0 Å². The lowest BCUT2D eigenvalue weighted by molar-refractivity contribution is 0.170. The Bertz CT molecular complexity index is 782. The van der Waals surface area contributed by atoms with Crippen LogP contribution in [0, 0.1) is 0 Å². The highest BCUT2D eigenvalue weighted by molar-refractivity contribution is 7.53. The molecule has 3 atom stereocenters. The summed E-state index contributed by atoms with van der Waals surface area (Å²) >= 11 is 5.95. The van der Waals surface area contributed by atoms with Crippen molar-refractivity contribution in [3.8, 4) is 5.75 Å². The van der Waals surface area contributed by atoms with Crippen LogP contribution in [0.3, 0.4) is 0 Å². The summed E-state index contributed by atoms with van der Waals surface area (Å²) in [5.74, 6) is 0.385. The second-order valence-electron chi connectivity index (χ2n) is 6.98. The van der Waals surface area contributed by atoms with Crippen LogP contribution in [0.25, 0.3) is 0 Å². The van der Waals surface area contributed by atoms with E-state index in [1.54, 1.807) is 38.1 Å². The summed E-state index contributed by atoms with van der Waals surface area (Å²) < 4.78 is 17.1. The molecule has 0 amide bonds. The third-order valence-corrected chi connectivity index (χ3v) is 6.26. The molecule has 0 spiro atoms. The van der Waals surface area contributed by atoms with Gasteiger partial charge in [-0.1, -0.05) is 49.7 Å². The van der Waals surface area contributed by atoms with Crippen LogP contribution in [-0.4, -0.2) is 28.2 Å². The third-order valence-electron chi connectivity index (χ3n) is 4.25. The Hall–Kier alpha value is -1.36. The number of aliphatic hydroxyl groups is 1. The lowest BCUT2D eigenvalue weighted by atomic mass is 10.1. The Labute approximate surface area is 165 Å². The summed E-state index contributed by atoms with van der Waals surface area (Å²) in [5, 5.41) is 14.2. The van der Waals surface area contributed by atoms with Gasteiger partial charge in [0.05, 0.1) is 11.8 Å². The van der Waals surface area contributed by atoms with Crippen LogP contribution in [0.15, 0.2) is 48.5 Å². The first-order valence-electron chi connectivity index (χ1n) is 8.95. The van der Waals surface area contributed by atoms with E-state index in [2.05, 4.69) is 5.32 Å². The summed E-state index contributed by atoms with van der Waals surface area (Å²) in [6, 6.07) is 14.5. The number of halogens is 1. The Morgan fingerprint density at radius 2 is 1.81 bits per heavy atom. The second-order valence-corrected chi connectivity index (χ2v) is 9.76. The maximum atomic E-state index is 11.9. The normalized spacial score (nSPS) is 16.0. The Morgan fingerprint density at radius 1 is 1.15 bits per heavy atom. The standard InChI is InChI=1S/C20H27ClNO4P/c1-14(2)27(24,25)26-19-9-7-16(8-10-19)11-15(3)22-13-20(23)17-5-4-6-18(21)12-17/h4-10,12,14-15,20,22-23H,11,13H2,1-3H3,(H,24,25). The molecule has 0 bridgehead atoms. The molecule has 0 saturated heterocycles. The first-order chi connectivity index (χ1) is 12.7. The number of nitrogens with one attached hydrogen (secondary N) is 1. The van der Waals surface area contributed by atoms with E-state index in [-0.39, 0.29) is 6.04 Å². The number of hydrogen-bond acceptors (Lipinski definition) is 4. The molecule has 148 valence electrons. The molecular weight excluding hydrogens is 385 g/mol. The van der Waals surface area contributed by atoms with Crippen molar-refractivity contribution >= 4 is 19.2 Å². The molecule has 0 aromatic heterocycles. The van der Waals surface area contributed by atoms with Crippen molar-refractivity contribution < 1.29 is 19.1 Å². The van der Waals surface area contributed by atoms with Crippen molar-refractivity contribution in [1.82, 2.24) is 5.32 Å². The van der Waals surface area contributed by atoms with Gasteiger partial charge in [-0.05, 0) is 48.7 Å². The molecule has 2 aromatic rings. The van der Waals surface area contributed by atoms with E-state index in [9.17, 15) is 14.6 Å². The highest BCUT2D eigenvalue weighted by Crippen LogP contribution is 2.47. The Morgan fingerprint density at radius 3 is 2.41 bits per heavy atom. The molecule has 0 fully saturated rings. The maximum Gasteiger partial charge on any atom is 0.379 e. The summed E-state index contributed by atoms with van der Waals surface area (Å²) in [6.45, 7) is 5.77. The number of hydrogen-bond donors (Lipinski definition) is 3. The first kappa shape index (κ1) is 21.9. The molecule has 5 nitrogen and oxygen atoms in total. The maximum absolute atomic E-state index is 11.9. The van der Waals surface area contributed by atoms with Gasteiger partial charge in [-0.25, -0.2) is 4.57 Å². The largest absolute Gasteiger partial charge is 0.424 e. The van der Waals surface area contributed by atoms with Crippen LogP contribution in [0.5, 0.6) is 5.75 Å². The van der Waals surface area contributed by atoms with Crippen LogP contribution < -0.4 is 9.84 Å². The van der Waals surface area contributed by atoms with Gasteiger partial charge in [0.2, 0.25) is 0 Å². The highest BCUT2D eigenvalue weighted by Gasteiger charge is 2.25. The van der Waals surface area contributed by atoms with Crippen LogP contribution in [0.1, 0.15) is 38.0 Å². The molecule has 27 heavy (non-hydrogen) atoms. The molecule has 2 aromatic carbocycles. The highest BCUT2D eigenvalue weighted by atomic mass is 35.5. The average molecular weight is 412 g/mol. The van der Waals surface area contributed by atoms with E-state index in [1.807, 2.05) is 31.2 Å². The van der Waals surface area contributed by atoms with E-state index >= 15 is 0 Å². The fourth-order valence-corrected chi connectivity index (χ4v) is 3.35. The molecule has 3 unspecified atom stereocenters. The molecule has 2 rings (SSSR count). The van der Waals surface area contributed by atoms with Gasteiger partial charge in [0.1, 0.15) is 5.75 Å². The van der Waals surface area contributed by atoms with E-state index < -0.39 is 19.4 Å². The fourth-order valence-electron chi connectivity index (χ4n) is 2.51. The van der Waals surface area contributed by atoms with Crippen molar-refractivity contribution in [3.05, 3.63) is 64.7 Å². The molecule has 0 aliphatic heterocycles. The van der Waals surface area contributed by atoms with Crippen LogP contribution in [0.2, 0.25) is 5.02 Å². The topological polar surface area (TPSA) is 78.8 Å². The summed E-state index contributed by atoms with van der Waals surface area (Å²) in [4.78, 5) is 9.78. The van der Waals surface area contributed by atoms with Crippen LogP contribution in [-0.2, 0) is 11.0 Å². The molecule has 3 N–H and O–H groups in total. The van der Waals surface area contributed by atoms with E-state index in [1.165, 1.54) is 0 Å². The van der Waals surface area contributed by atoms with Crippen molar-refractivity contribution in [2.75, 3.05) is 6.54 Å². The van der Waals surface area contributed by atoms with Crippen LogP contribution >= 0.6 is 19.2 Å². The minimum Gasteiger partial charge on any atom is -0.424 e. The van der Waals surface area contributed by atoms with Crippen molar-refractivity contribution in [2.45, 2.75) is 45.0 Å². The van der Waals surface area contributed by atoms with Crippen molar-refractivity contribution in [2.24, 2.45) is 0 Å². The lowest BCUT2D eigenvalue weighted by Crippen LogP contribution is -2.32. The summed E-state index contributed by atoms with van der Waals surface area (Å²) in [6.07, 6.45) is 0.125. The van der Waals surface area contributed by atoms with Gasteiger partial charge in [0, 0.05) is 17.6 Å². The quantitative estimate of drug-likeness (QED) is 0.527. The third kappa shape index (κ3) is 6.95. The fraction of sp³-hybridized carbons (Fsp3) is 0.400. The number of rotatable bonds is 9. The molecule has 0 radical (unpaired) electrons. The molecule has 0 aliphatic carbocycles. The SMILES string of the molecule is CC(Cc1ccc(OP(=O)(O)C(C)C)cc1)NCC(O)c1cccc(Cl)c1. The van der Waals surface area contributed by atoms with E-state index in [4.69, 9.17) is 16.1 Å². The smallest absolute Gasteiger partial charge is 0.379 e. The minimum absolute atomic E-state index is 0.144. The zero-order chi connectivity index (χ0) is 20.0.